The van der Waals surface area contributed by atoms with Gasteiger partial charge < -0.3 is 14.6 Å². The second-order valence-electron chi connectivity index (χ2n) is 4.17. The monoisotopic (exact) mass is 292 g/mol. The Bertz CT molecular complexity index is 483. The van der Waals surface area contributed by atoms with E-state index in [-0.39, 0.29) is 25.2 Å². The van der Waals surface area contributed by atoms with E-state index in [1.165, 1.54) is 23.2 Å². The highest BCUT2D eigenvalue weighted by atomic mass is 19.4. The van der Waals surface area contributed by atoms with E-state index in [1.54, 1.807) is 6.92 Å². The van der Waals surface area contributed by atoms with Crippen LogP contribution in [0.1, 0.15) is 23.8 Å². The van der Waals surface area contributed by atoms with Crippen LogP contribution in [0, 0.1) is 0 Å². The zero-order valence-corrected chi connectivity index (χ0v) is 10.9. The van der Waals surface area contributed by atoms with Crippen LogP contribution in [0.25, 0.3) is 0 Å². The van der Waals surface area contributed by atoms with Crippen molar-refractivity contribution in [1.82, 2.24) is 9.47 Å². The predicted molar refractivity (Wildman–Crippen MR) is 64.3 cm³/mol. The van der Waals surface area contributed by atoms with E-state index >= 15 is 0 Å². The van der Waals surface area contributed by atoms with E-state index < -0.39 is 24.6 Å². The Morgan fingerprint density at radius 1 is 1.40 bits per heavy atom. The van der Waals surface area contributed by atoms with Crippen molar-refractivity contribution in [1.29, 1.82) is 0 Å². The quantitative estimate of drug-likeness (QED) is 0.872. The van der Waals surface area contributed by atoms with Crippen molar-refractivity contribution in [3.05, 3.63) is 24.0 Å². The molecule has 112 valence electrons. The third kappa shape index (κ3) is 4.60. The maximum atomic E-state index is 12.4. The molecule has 1 aromatic heterocycles. The predicted octanol–water partition coefficient (Wildman–Crippen LogP) is 1.99. The number of amides is 1. The molecule has 0 aliphatic rings. The molecule has 1 heterocycles. The van der Waals surface area contributed by atoms with Gasteiger partial charge in [0.05, 0.1) is 6.42 Å². The summed E-state index contributed by atoms with van der Waals surface area (Å²) >= 11 is 0. The second-order valence-corrected chi connectivity index (χ2v) is 4.17. The zero-order chi connectivity index (χ0) is 15.3. The average molecular weight is 292 g/mol. The summed E-state index contributed by atoms with van der Waals surface area (Å²) in [4.78, 5) is 23.8. The number of alkyl halides is 3. The van der Waals surface area contributed by atoms with Crippen LogP contribution in [0.5, 0.6) is 0 Å². The molecule has 0 saturated carbocycles. The molecule has 1 amide bonds. The Balaban J connectivity index is 2.85. The molecule has 0 aromatic carbocycles. The fraction of sp³-hybridized carbons (Fsp3) is 0.500. The van der Waals surface area contributed by atoms with Gasteiger partial charge in [0.2, 0.25) is 0 Å². The molecule has 0 bridgehead atoms. The number of hydrogen-bond donors (Lipinski definition) is 1. The summed E-state index contributed by atoms with van der Waals surface area (Å²) in [5, 5.41) is 8.59. The molecular formula is C12H15F3N2O3. The topological polar surface area (TPSA) is 62.5 Å². The first-order chi connectivity index (χ1) is 9.24. The lowest BCUT2D eigenvalue weighted by atomic mass is 10.3. The molecule has 0 spiro atoms. The number of hydrogen-bond acceptors (Lipinski definition) is 2. The smallest absolute Gasteiger partial charge is 0.406 e. The van der Waals surface area contributed by atoms with Crippen molar-refractivity contribution < 1.29 is 27.9 Å². The average Bonchev–Trinajstić information content (AvgIpc) is 2.74. The van der Waals surface area contributed by atoms with Crippen LogP contribution in [-0.4, -0.2) is 45.7 Å². The molecule has 20 heavy (non-hydrogen) atoms. The summed E-state index contributed by atoms with van der Waals surface area (Å²) in [6.45, 7) is 0.569. The van der Waals surface area contributed by atoms with Gasteiger partial charge in [-0.2, -0.15) is 13.2 Å². The minimum atomic E-state index is -4.42. The SMILES string of the molecule is CCN(CCC(=O)O)C(=O)c1cccn1CC(F)(F)F. The summed E-state index contributed by atoms with van der Waals surface area (Å²) in [7, 11) is 0. The van der Waals surface area contributed by atoms with Crippen molar-refractivity contribution in [2.75, 3.05) is 13.1 Å². The molecule has 0 atom stereocenters. The van der Waals surface area contributed by atoms with E-state index in [2.05, 4.69) is 0 Å². The number of carboxylic acid groups (broad SMARTS) is 1. The number of halogens is 3. The van der Waals surface area contributed by atoms with E-state index in [4.69, 9.17) is 5.11 Å². The molecule has 0 aliphatic heterocycles. The third-order valence-electron chi connectivity index (χ3n) is 2.66. The van der Waals surface area contributed by atoms with Crippen LogP contribution in [0.3, 0.4) is 0 Å². The number of carboxylic acids is 1. The Labute approximate surface area is 113 Å². The maximum absolute atomic E-state index is 12.4. The van der Waals surface area contributed by atoms with Crippen molar-refractivity contribution in [3.8, 4) is 0 Å². The normalized spacial score (nSPS) is 11.4. The van der Waals surface area contributed by atoms with E-state index in [0.717, 1.165) is 4.57 Å². The van der Waals surface area contributed by atoms with E-state index in [9.17, 15) is 22.8 Å². The summed E-state index contributed by atoms with van der Waals surface area (Å²) < 4.78 is 37.9. The molecule has 0 fully saturated rings. The molecule has 0 saturated heterocycles. The number of aliphatic carboxylic acids is 1. The molecule has 1 rings (SSSR count). The highest BCUT2D eigenvalue weighted by Crippen LogP contribution is 2.19. The lowest BCUT2D eigenvalue weighted by molar-refractivity contribution is -0.140. The minimum absolute atomic E-state index is 0.0398. The minimum Gasteiger partial charge on any atom is -0.481 e. The standard InChI is InChI=1S/C12H15F3N2O3/c1-2-16(7-5-10(18)19)11(20)9-4-3-6-17(9)8-12(13,14)15/h3-4,6H,2,5,7-8H2,1H3,(H,18,19). The Hall–Kier alpha value is -1.99. The van der Waals surface area contributed by atoms with Crippen LogP contribution >= 0.6 is 0 Å². The van der Waals surface area contributed by atoms with Crippen molar-refractivity contribution >= 4 is 11.9 Å². The number of nitrogens with zero attached hydrogens (tertiary/aromatic N) is 2. The van der Waals surface area contributed by atoms with Crippen molar-refractivity contribution in [3.63, 3.8) is 0 Å². The van der Waals surface area contributed by atoms with E-state index in [1.807, 2.05) is 0 Å². The van der Waals surface area contributed by atoms with E-state index in [0.29, 0.717) is 0 Å². The highest BCUT2D eigenvalue weighted by molar-refractivity contribution is 5.93. The van der Waals surface area contributed by atoms with Crippen molar-refractivity contribution in [2.24, 2.45) is 0 Å². The van der Waals surface area contributed by atoms with Crippen molar-refractivity contribution in [2.45, 2.75) is 26.1 Å². The van der Waals surface area contributed by atoms with Gasteiger partial charge in [0.15, 0.2) is 0 Å². The lowest BCUT2D eigenvalue weighted by Gasteiger charge is -2.21. The summed E-state index contributed by atoms with van der Waals surface area (Å²) in [5.74, 6) is -1.68. The van der Waals surface area contributed by atoms with Gasteiger partial charge in [0.25, 0.3) is 5.91 Å². The lowest BCUT2D eigenvalue weighted by Crippen LogP contribution is -2.35. The molecule has 1 N–H and O–H groups in total. The van der Waals surface area contributed by atoms with Crippen LogP contribution in [0.4, 0.5) is 13.2 Å². The summed E-state index contributed by atoms with van der Waals surface area (Å²) in [6, 6.07) is 2.64. The molecule has 8 heteroatoms. The van der Waals surface area contributed by atoms with Gasteiger partial charge in [-0.3, -0.25) is 9.59 Å². The first kappa shape index (κ1) is 16.1. The Morgan fingerprint density at radius 3 is 2.55 bits per heavy atom. The molecule has 0 unspecified atom stereocenters. The van der Waals surface area contributed by atoms with Crippen LogP contribution in [0.15, 0.2) is 18.3 Å². The number of carbonyl (C=O) groups excluding carboxylic acids is 1. The number of carbonyl (C=O) groups is 2. The summed E-state index contributed by atoms with van der Waals surface area (Å²) in [5.41, 5.74) is -0.102. The van der Waals surface area contributed by atoms with Gasteiger partial charge in [-0.15, -0.1) is 0 Å². The van der Waals surface area contributed by atoms with Crippen LogP contribution in [0.2, 0.25) is 0 Å². The van der Waals surface area contributed by atoms with Gasteiger partial charge in [-0.05, 0) is 19.1 Å². The third-order valence-corrected chi connectivity index (χ3v) is 2.66. The number of aromatic nitrogens is 1. The van der Waals surface area contributed by atoms with Crippen LogP contribution in [-0.2, 0) is 11.3 Å². The Morgan fingerprint density at radius 2 is 2.05 bits per heavy atom. The van der Waals surface area contributed by atoms with Gasteiger partial charge in [0, 0.05) is 19.3 Å². The fourth-order valence-electron chi connectivity index (χ4n) is 1.74. The van der Waals surface area contributed by atoms with Gasteiger partial charge in [0.1, 0.15) is 12.2 Å². The number of rotatable bonds is 6. The Kier molecular flexibility index (Phi) is 5.18. The zero-order valence-electron chi connectivity index (χ0n) is 10.9. The van der Waals surface area contributed by atoms with Gasteiger partial charge in [-0.1, -0.05) is 0 Å². The second kappa shape index (κ2) is 6.44. The molecule has 0 radical (unpaired) electrons. The molecule has 1 aromatic rings. The van der Waals surface area contributed by atoms with Crippen LogP contribution < -0.4 is 0 Å². The highest BCUT2D eigenvalue weighted by Gasteiger charge is 2.30. The molecular weight excluding hydrogens is 277 g/mol. The maximum Gasteiger partial charge on any atom is 0.406 e. The molecule has 5 nitrogen and oxygen atoms in total. The summed E-state index contributed by atoms with van der Waals surface area (Å²) in [6.07, 6.45) is -3.50. The first-order valence-corrected chi connectivity index (χ1v) is 5.97. The fourth-order valence-corrected chi connectivity index (χ4v) is 1.74. The molecule has 0 aliphatic carbocycles. The largest absolute Gasteiger partial charge is 0.481 e. The van der Waals surface area contributed by atoms with Gasteiger partial charge >= 0.3 is 12.1 Å². The first-order valence-electron chi connectivity index (χ1n) is 5.97. The van der Waals surface area contributed by atoms with Gasteiger partial charge in [-0.25, -0.2) is 0 Å².